The first-order chi connectivity index (χ1) is 14.1. The van der Waals surface area contributed by atoms with Crippen LogP contribution in [0.2, 0.25) is 0 Å². The number of hydrogen-bond donors (Lipinski definition) is 2. The van der Waals surface area contributed by atoms with Crippen LogP contribution in [0.15, 0.2) is 29.4 Å². The summed E-state index contributed by atoms with van der Waals surface area (Å²) in [6.45, 7) is 5.81. The molecular weight excluding hydrogens is 386 g/mol. The average Bonchev–Trinajstić information content (AvgIpc) is 3.35. The van der Waals surface area contributed by atoms with Gasteiger partial charge in [-0.1, -0.05) is 0 Å². The topological polar surface area (TPSA) is 71.0 Å². The Morgan fingerprint density at radius 3 is 2.66 bits per heavy atom. The number of hydrogen-bond acceptors (Lipinski definition) is 6. The van der Waals surface area contributed by atoms with Crippen LogP contribution in [0.25, 0.3) is 0 Å². The minimum atomic E-state index is 0.385. The fourth-order valence-corrected chi connectivity index (χ4v) is 4.29. The maximum Gasteiger partial charge on any atom is 0.191 e. The Bertz CT molecular complexity index is 801. The van der Waals surface area contributed by atoms with Gasteiger partial charge in [-0.2, -0.15) is 0 Å². The molecule has 0 spiro atoms. The molecule has 0 saturated carbocycles. The number of nitrogens with one attached hydrogen (secondary N) is 2. The fraction of sp³-hybridized carbons (Fsp3) is 0.524. The molecule has 158 valence electrons. The number of aliphatic imine (C=N–C) groups is 1. The lowest BCUT2D eigenvalue weighted by atomic mass is 10.2. The van der Waals surface area contributed by atoms with Crippen molar-refractivity contribution in [3.63, 3.8) is 0 Å². The highest BCUT2D eigenvalue weighted by molar-refractivity contribution is 7.11. The van der Waals surface area contributed by atoms with Gasteiger partial charge in [-0.3, -0.25) is 9.89 Å². The van der Waals surface area contributed by atoms with E-state index in [4.69, 9.17) is 9.47 Å². The van der Waals surface area contributed by atoms with Crippen LogP contribution in [0, 0.1) is 6.92 Å². The van der Waals surface area contributed by atoms with E-state index < -0.39 is 0 Å². The van der Waals surface area contributed by atoms with Gasteiger partial charge in [0.15, 0.2) is 5.96 Å². The van der Waals surface area contributed by atoms with Gasteiger partial charge in [0.05, 0.1) is 19.2 Å². The predicted octanol–water partition coefficient (Wildman–Crippen LogP) is 2.45. The van der Waals surface area contributed by atoms with Crippen molar-refractivity contribution < 1.29 is 9.47 Å². The van der Waals surface area contributed by atoms with E-state index in [0.717, 1.165) is 61.5 Å². The van der Waals surface area contributed by atoms with Gasteiger partial charge in [0.25, 0.3) is 0 Å². The molecule has 0 aliphatic carbocycles. The maximum atomic E-state index is 5.38. The third-order valence-electron chi connectivity index (χ3n) is 4.95. The molecule has 7 nitrogen and oxygen atoms in total. The number of aryl methyl sites for hydroxylation is 1. The molecule has 1 aliphatic heterocycles. The number of benzene rings is 1. The number of likely N-dealkylation sites (tertiary alicyclic amines) is 1. The third-order valence-corrected chi connectivity index (χ3v) is 5.93. The highest BCUT2D eigenvalue weighted by Gasteiger charge is 2.23. The first-order valence-electron chi connectivity index (χ1n) is 9.92. The molecule has 2 heterocycles. The van der Waals surface area contributed by atoms with Crippen LogP contribution < -0.4 is 20.1 Å². The van der Waals surface area contributed by atoms with Crippen molar-refractivity contribution in [1.29, 1.82) is 0 Å². The summed E-state index contributed by atoms with van der Waals surface area (Å²) in [5, 5.41) is 8.11. The fourth-order valence-electron chi connectivity index (χ4n) is 3.50. The second-order valence-electron chi connectivity index (χ2n) is 7.20. The number of ether oxygens (including phenoxy) is 2. The van der Waals surface area contributed by atoms with E-state index in [0.29, 0.717) is 6.04 Å². The van der Waals surface area contributed by atoms with Gasteiger partial charge in [-0.05, 0) is 31.0 Å². The summed E-state index contributed by atoms with van der Waals surface area (Å²) >= 11 is 1.75. The lowest BCUT2D eigenvalue weighted by Gasteiger charge is -2.19. The van der Waals surface area contributed by atoms with Crippen molar-refractivity contribution in [3.8, 4) is 11.5 Å². The summed E-state index contributed by atoms with van der Waals surface area (Å²) in [7, 11) is 5.18. The van der Waals surface area contributed by atoms with Crippen molar-refractivity contribution in [2.75, 3.05) is 40.9 Å². The van der Waals surface area contributed by atoms with Crippen LogP contribution in [0.3, 0.4) is 0 Å². The van der Waals surface area contributed by atoms with E-state index in [1.165, 1.54) is 10.4 Å². The Morgan fingerprint density at radius 1 is 1.28 bits per heavy atom. The molecule has 1 saturated heterocycles. The molecule has 2 N–H and O–H groups in total. The molecule has 29 heavy (non-hydrogen) atoms. The Hall–Kier alpha value is -2.32. The molecule has 1 aromatic heterocycles. The van der Waals surface area contributed by atoms with Crippen molar-refractivity contribution in [3.05, 3.63) is 39.8 Å². The maximum absolute atomic E-state index is 5.38. The quantitative estimate of drug-likeness (QED) is 0.508. The summed E-state index contributed by atoms with van der Waals surface area (Å²) in [6, 6.07) is 6.44. The molecule has 0 radical (unpaired) electrons. The zero-order valence-electron chi connectivity index (χ0n) is 17.7. The zero-order chi connectivity index (χ0) is 20.6. The van der Waals surface area contributed by atoms with Crippen LogP contribution >= 0.6 is 11.3 Å². The molecule has 1 unspecified atom stereocenters. The van der Waals surface area contributed by atoms with E-state index in [9.17, 15) is 0 Å². The molecule has 0 bridgehead atoms. The minimum Gasteiger partial charge on any atom is -0.497 e. The molecule has 3 rings (SSSR count). The van der Waals surface area contributed by atoms with Crippen molar-refractivity contribution in [2.45, 2.75) is 32.4 Å². The van der Waals surface area contributed by atoms with E-state index in [1.54, 1.807) is 25.6 Å². The summed E-state index contributed by atoms with van der Waals surface area (Å²) < 4.78 is 10.8. The molecule has 1 aliphatic rings. The molecule has 1 fully saturated rings. The summed E-state index contributed by atoms with van der Waals surface area (Å²) in [5.41, 5.74) is 1.20. The van der Waals surface area contributed by atoms with E-state index in [-0.39, 0.29) is 0 Å². The van der Waals surface area contributed by atoms with Crippen LogP contribution in [0.5, 0.6) is 11.5 Å². The number of guanidine groups is 1. The van der Waals surface area contributed by atoms with Gasteiger partial charge < -0.3 is 20.1 Å². The SMILES string of the molecule is CN=C(NCCc1ncc(C)s1)NC1CCN(Cc2cc(OC)cc(OC)c2)C1. The average molecular weight is 418 g/mol. The first kappa shape index (κ1) is 21.4. The van der Waals surface area contributed by atoms with Crippen LogP contribution in [-0.4, -0.2) is 62.8 Å². The lowest BCUT2D eigenvalue weighted by Crippen LogP contribution is -2.45. The highest BCUT2D eigenvalue weighted by Crippen LogP contribution is 2.24. The Morgan fingerprint density at radius 2 is 2.03 bits per heavy atom. The Balaban J connectivity index is 1.46. The minimum absolute atomic E-state index is 0.385. The van der Waals surface area contributed by atoms with Gasteiger partial charge in [0.1, 0.15) is 11.5 Å². The second kappa shape index (κ2) is 10.5. The van der Waals surface area contributed by atoms with Crippen molar-refractivity contribution in [1.82, 2.24) is 20.5 Å². The number of methoxy groups -OCH3 is 2. The number of rotatable bonds is 8. The van der Waals surface area contributed by atoms with Crippen LogP contribution in [0.1, 0.15) is 21.9 Å². The van der Waals surface area contributed by atoms with Gasteiger partial charge in [-0.15, -0.1) is 11.3 Å². The molecule has 1 atom stereocenters. The van der Waals surface area contributed by atoms with Crippen LogP contribution in [-0.2, 0) is 13.0 Å². The first-order valence-corrected chi connectivity index (χ1v) is 10.7. The molecular formula is C21H31N5O2S. The van der Waals surface area contributed by atoms with E-state index in [1.807, 2.05) is 19.3 Å². The van der Waals surface area contributed by atoms with Crippen molar-refractivity contribution >= 4 is 17.3 Å². The lowest BCUT2D eigenvalue weighted by molar-refractivity contribution is 0.321. The molecule has 1 aromatic carbocycles. The largest absolute Gasteiger partial charge is 0.497 e. The summed E-state index contributed by atoms with van der Waals surface area (Å²) in [6.07, 6.45) is 3.93. The van der Waals surface area contributed by atoms with Gasteiger partial charge in [0, 0.05) is 62.8 Å². The Labute approximate surface area is 177 Å². The Kier molecular flexibility index (Phi) is 7.71. The standard InChI is InChI=1S/C21H31N5O2S/c1-15-12-24-20(29-15)5-7-23-21(22-2)25-17-6-8-26(14-17)13-16-9-18(27-3)11-19(10-16)28-4/h9-12,17H,5-8,13-14H2,1-4H3,(H2,22,23,25). The highest BCUT2D eigenvalue weighted by atomic mass is 32.1. The number of thiazole rings is 1. The molecule has 8 heteroatoms. The van der Waals surface area contributed by atoms with E-state index in [2.05, 4.69) is 44.6 Å². The van der Waals surface area contributed by atoms with Gasteiger partial charge in [-0.25, -0.2) is 4.98 Å². The number of aromatic nitrogens is 1. The van der Waals surface area contributed by atoms with Gasteiger partial charge in [0.2, 0.25) is 0 Å². The second-order valence-corrected chi connectivity index (χ2v) is 8.52. The third kappa shape index (κ3) is 6.33. The monoisotopic (exact) mass is 417 g/mol. The summed E-state index contributed by atoms with van der Waals surface area (Å²) in [5.74, 6) is 2.51. The normalized spacial score (nSPS) is 17.4. The van der Waals surface area contributed by atoms with Gasteiger partial charge >= 0.3 is 0 Å². The van der Waals surface area contributed by atoms with E-state index >= 15 is 0 Å². The van der Waals surface area contributed by atoms with Crippen molar-refractivity contribution in [2.24, 2.45) is 4.99 Å². The summed E-state index contributed by atoms with van der Waals surface area (Å²) in [4.78, 5) is 12.5. The molecule has 2 aromatic rings. The number of nitrogens with zero attached hydrogens (tertiary/aromatic N) is 3. The predicted molar refractivity (Wildman–Crippen MR) is 118 cm³/mol. The zero-order valence-corrected chi connectivity index (χ0v) is 18.5. The molecule has 0 amide bonds. The smallest absolute Gasteiger partial charge is 0.191 e. The van der Waals surface area contributed by atoms with Crippen LogP contribution in [0.4, 0.5) is 0 Å².